The van der Waals surface area contributed by atoms with E-state index in [-0.39, 0.29) is 17.7 Å². The number of benzene rings is 1. The van der Waals surface area contributed by atoms with Crippen molar-refractivity contribution in [3.05, 3.63) is 24.3 Å². The van der Waals surface area contributed by atoms with Gasteiger partial charge in [0.1, 0.15) is 5.75 Å². The van der Waals surface area contributed by atoms with Crippen molar-refractivity contribution in [3.63, 3.8) is 0 Å². The van der Waals surface area contributed by atoms with Crippen molar-refractivity contribution >= 4 is 17.6 Å². The van der Waals surface area contributed by atoms with Crippen LogP contribution in [0.1, 0.15) is 148 Å². The molecule has 4 N–H and O–H groups in total. The first-order chi connectivity index (χ1) is 19.1. The lowest BCUT2D eigenvalue weighted by Crippen LogP contribution is -2.36. The van der Waals surface area contributed by atoms with E-state index in [1.54, 1.807) is 24.3 Å². The number of anilines is 1. The van der Waals surface area contributed by atoms with E-state index in [1.807, 2.05) is 0 Å². The first-order valence-corrected chi connectivity index (χ1v) is 16.2. The fraction of sp³-hybridized carbons (Fsp3) is 0.758. The summed E-state index contributed by atoms with van der Waals surface area (Å²) >= 11 is 0. The SMILES string of the molecule is CCCCCCCCCCCCCCNC(=O)NCCCCCCCCCCCC(=O)Nc1ccc(O)cc1. The number of hydrogen-bond acceptors (Lipinski definition) is 3. The Morgan fingerprint density at radius 2 is 0.949 bits per heavy atom. The van der Waals surface area contributed by atoms with E-state index >= 15 is 0 Å². The molecule has 0 aliphatic rings. The molecule has 0 atom stereocenters. The monoisotopic (exact) mass is 545 g/mol. The van der Waals surface area contributed by atoms with Crippen LogP contribution < -0.4 is 16.0 Å². The van der Waals surface area contributed by atoms with Gasteiger partial charge in [0.15, 0.2) is 0 Å². The molecule has 3 amide bonds. The maximum absolute atomic E-state index is 12.0. The average Bonchev–Trinajstić information content (AvgIpc) is 2.93. The summed E-state index contributed by atoms with van der Waals surface area (Å²) in [6.07, 6.45) is 26.9. The van der Waals surface area contributed by atoms with Crippen LogP contribution in [0.15, 0.2) is 24.3 Å². The number of hydrogen-bond donors (Lipinski definition) is 4. The predicted molar refractivity (Wildman–Crippen MR) is 165 cm³/mol. The summed E-state index contributed by atoms with van der Waals surface area (Å²) < 4.78 is 0. The Morgan fingerprint density at radius 3 is 1.38 bits per heavy atom. The molecule has 0 bridgehead atoms. The Bertz CT molecular complexity index is 709. The van der Waals surface area contributed by atoms with Crippen LogP contribution in [0.25, 0.3) is 0 Å². The molecule has 224 valence electrons. The zero-order valence-electron chi connectivity index (χ0n) is 25.0. The second-order valence-electron chi connectivity index (χ2n) is 11.1. The molecule has 0 spiro atoms. The van der Waals surface area contributed by atoms with Gasteiger partial charge in [-0.25, -0.2) is 4.79 Å². The minimum Gasteiger partial charge on any atom is -0.508 e. The average molecular weight is 546 g/mol. The number of rotatable bonds is 26. The third-order valence-corrected chi connectivity index (χ3v) is 7.33. The van der Waals surface area contributed by atoms with E-state index < -0.39 is 0 Å². The summed E-state index contributed by atoms with van der Waals surface area (Å²) in [6.45, 7) is 3.82. The van der Waals surface area contributed by atoms with Crippen LogP contribution in [-0.2, 0) is 4.79 Å². The first-order valence-electron chi connectivity index (χ1n) is 16.2. The lowest BCUT2D eigenvalue weighted by atomic mass is 10.1. The van der Waals surface area contributed by atoms with Gasteiger partial charge in [-0.3, -0.25) is 4.79 Å². The molecular formula is C33H59N3O3. The molecule has 0 saturated heterocycles. The number of phenols is 1. The Kier molecular flexibility index (Phi) is 23.2. The molecule has 0 aliphatic carbocycles. The third kappa shape index (κ3) is 23.4. The number of carbonyl (C=O) groups is 2. The summed E-state index contributed by atoms with van der Waals surface area (Å²) in [5.41, 5.74) is 0.725. The largest absolute Gasteiger partial charge is 0.508 e. The lowest BCUT2D eigenvalue weighted by molar-refractivity contribution is -0.116. The normalized spacial score (nSPS) is 10.9. The molecule has 0 radical (unpaired) electrons. The Hall–Kier alpha value is -2.24. The van der Waals surface area contributed by atoms with Crippen molar-refractivity contribution in [1.29, 1.82) is 0 Å². The number of nitrogens with one attached hydrogen (secondary N) is 3. The Balaban J connectivity index is 1.75. The first kappa shape index (κ1) is 34.8. The van der Waals surface area contributed by atoms with E-state index in [0.717, 1.165) is 50.9 Å². The van der Waals surface area contributed by atoms with Crippen LogP contribution in [0.2, 0.25) is 0 Å². The van der Waals surface area contributed by atoms with Gasteiger partial charge in [0.25, 0.3) is 0 Å². The van der Waals surface area contributed by atoms with Gasteiger partial charge < -0.3 is 21.1 Å². The lowest BCUT2D eigenvalue weighted by Gasteiger charge is -2.08. The summed E-state index contributed by atoms with van der Waals surface area (Å²) in [4.78, 5) is 23.8. The molecular weight excluding hydrogens is 486 g/mol. The molecule has 1 rings (SSSR count). The number of aromatic hydroxyl groups is 1. The smallest absolute Gasteiger partial charge is 0.314 e. The van der Waals surface area contributed by atoms with Gasteiger partial charge in [-0.2, -0.15) is 0 Å². The summed E-state index contributed by atoms with van der Waals surface area (Å²) in [7, 11) is 0. The number of carbonyl (C=O) groups excluding carboxylic acids is 2. The minimum absolute atomic E-state index is 0.0187. The van der Waals surface area contributed by atoms with Gasteiger partial charge >= 0.3 is 6.03 Å². The fourth-order valence-corrected chi connectivity index (χ4v) is 4.85. The molecule has 0 fully saturated rings. The van der Waals surface area contributed by atoms with Crippen molar-refractivity contribution in [1.82, 2.24) is 10.6 Å². The van der Waals surface area contributed by atoms with Gasteiger partial charge in [0, 0.05) is 25.2 Å². The Labute approximate surface area is 239 Å². The zero-order valence-corrected chi connectivity index (χ0v) is 25.0. The van der Waals surface area contributed by atoms with Gasteiger partial charge in [-0.15, -0.1) is 0 Å². The molecule has 0 aliphatic heterocycles. The maximum atomic E-state index is 12.0. The highest BCUT2D eigenvalue weighted by atomic mass is 16.3. The van der Waals surface area contributed by atoms with Crippen LogP contribution in [-0.4, -0.2) is 30.1 Å². The molecule has 6 nitrogen and oxygen atoms in total. The minimum atomic E-state index is -0.0187. The number of unbranched alkanes of at least 4 members (excludes halogenated alkanes) is 19. The van der Waals surface area contributed by atoms with Crippen molar-refractivity contribution in [3.8, 4) is 5.75 Å². The van der Waals surface area contributed by atoms with Crippen LogP contribution in [0.3, 0.4) is 0 Å². The Morgan fingerprint density at radius 1 is 0.564 bits per heavy atom. The van der Waals surface area contributed by atoms with Gasteiger partial charge in [-0.05, 0) is 43.5 Å². The molecule has 1 aromatic carbocycles. The van der Waals surface area contributed by atoms with E-state index in [0.29, 0.717) is 6.42 Å². The molecule has 1 aromatic rings. The molecule has 0 heterocycles. The van der Waals surface area contributed by atoms with E-state index in [9.17, 15) is 14.7 Å². The molecule has 6 heteroatoms. The van der Waals surface area contributed by atoms with Crippen LogP contribution in [0.5, 0.6) is 5.75 Å². The third-order valence-electron chi connectivity index (χ3n) is 7.33. The zero-order chi connectivity index (χ0) is 28.2. The van der Waals surface area contributed by atoms with Crippen molar-refractivity contribution in [2.24, 2.45) is 0 Å². The predicted octanol–water partition coefficient (Wildman–Crippen LogP) is 9.23. The summed E-state index contributed by atoms with van der Waals surface area (Å²) in [5, 5.41) is 18.1. The second-order valence-corrected chi connectivity index (χ2v) is 11.1. The van der Waals surface area contributed by atoms with Crippen molar-refractivity contribution < 1.29 is 14.7 Å². The number of amides is 3. The topological polar surface area (TPSA) is 90.5 Å². The van der Waals surface area contributed by atoms with Gasteiger partial charge in [0.2, 0.25) is 5.91 Å². The maximum Gasteiger partial charge on any atom is 0.314 e. The van der Waals surface area contributed by atoms with E-state index in [1.165, 1.54) is 103 Å². The second kappa shape index (κ2) is 26.0. The van der Waals surface area contributed by atoms with Crippen molar-refractivity contribution in [2.45, 2.75) is 148 Å². The van der Waals surface area contributed by atoms with E-state index in [4.69, 9.17) is 0 Å². The quantitative estimate of drug-likeness (QED) is 0.0690. The molecule has 39 heavy (non-hydrogen) atoms. The van der Waals surface area contributed by atoms with Crippen molar-refractivity contribution in [2.75, 3.05) is 18.4 Å². The standard InChI is InChI=1S/C33H59N3O3/c1-2-3-4-5-6-7-8-9-12-15-18-21-28-34-33(39)35-29-22-19-16-13-10-11-14-17-20-23-32(38)36-30-24-26-31(37)27-25-30/h24-27,37H,2-23,28-29H2,1H3,(H,36,38)(H2,34,35,39). The van der Waals surface area contributed by atoms with Crippen LogP contribution in [0, 0.1) is 0 Å². The van der Waals surface area contributed by atoms with Crippen LogP contribution in [0.4, 0.5) is 10.5 Å². The highest BCUT2D eigenvalue weighted by Crippen LogP contribution is 2.15. The number of phenolic OH excluding ortho intramolecular Hbond substituents is 1. The fourth-order valence-electron chi connectivity index (χ4n) is 4.85. The molecule has 0 unspecified atom stereocenters. The van der Waals surface area contributed by atoms with E-state index in [2.05, 4.69) is 22.9 Å². The van der Waals surface area contributed by atoms with Gasteiger partial charge in [0.05, 0.1) is 0 Å². The summed E-state index contributed by atoms with van der Waals surface area (Å²) in [5.74, 6) is 0.236. The van der Waals surface area contributed by atoms with Crippen LogP contribution >= 0.6 is 0 Å². The molecule has 0 saturated carbocycles. The summed E-state index contributed by atoms with van der Waals surface area (Å²) in [6, 6.07) is 6.54. The highest BCUT2D eigenvalue weighted by Gasteiger charge is 2.03. The van der Waals surface area contributed by atoms with Gasteiger partial charge in [-0.1, -0.05) is 122 Å². The highest BCUT2D eigenvalue weighted by molar-refractivity contribution is 5.90. The molecule has 0 aromatic heterocycles. The number of urea groups is 1.